The van der Waals surface area contributed by atoms with E-state index in [1.807, 2.05) is 0 Å². The summed E-state index contributed by atoms with van der Waals surface area (Å²) in [5, 5.41) is 0. The van der Waals surface area contributed by atoms with Gasteiger partial charge in [-0.2, -0.15) is 13.2 Å². The second-order valence-electron chi connectivity index (χ2n) is 9.75. The number of carbonyl (C=O) groups is 1. The molecule has 1 unspecified atom stereocenters. The number of pyridine rings is 1. The van der Waals surface area contributed by atoms with Crippen molar-refractivity contribution in [3.8, 4) is 16.9 Å². The second kappa shape index (κ2) is 10.3. The fraction of sp³-hybridized carbons (Fsp3) is 0.200. The normalized spacial score (nSPS) is 17.1. The molecular formula is C30H22F6N2O2. The lowest BCUT2D eigenvalue weighted by Crippen LogP contribution is -2.51. The number of hydrogen-bond acceptors (Lipinski definition) is 3. The van der Waals surface area contributed by atoms with Crippen molar-refractivity contribution in [3.05, 3.63) is 113 Å². The summed E-state index contributed by atoms with van der Waals surface area (Å²) in [6, 6.07) is 17.6. The molecule has 1 aromatic heterocycles. The summed E-state index contributed by atoms with van der Waals surface area (Å²) >= 11 is 0. The van der Waals surface area contributed by atoms with E-state index in [-0.39, 0.29) is 24.3 Å². The number of alkyl halides is 3. The van der Waals surface area contributed by atoms with E-state index in [1.54, 1.807) is 55.5 Å². The molecular weight excluding hydrogens is 534 g/mol. The SMILES string of the molecule is CC1(Cc2cc(F)cc(F)c2F)C(=O)N(c2ccccn2)Cc2ccc(-c3cccc(OCC(F)(F)F)c3)cc21. The molecule has 10 heteroatoms. The molecule has 0 saturated heterocycles. The van der Waals surface area contributed by atoms with Crippen LogP contribution in [-0.4, -0.2) is 23.7 Å². The third-order valence-corrected chi connectivity index (χ3v) is 6.86. The molecule has 4 nitrogen and oxygen atoms in total. The lowest BCUT2D eigenvalue weighted by molar-refractivity contribution is -0.153. The maximum absolute atomic E-state index is 14.8. The summed E-state index contributed by atoms with van der Waals surface area (Å²) in [4.78, 5) is 19.7. The number of nitrogens with zero attached hydrogens (tertiary/aromatic N) is 2. The highest BCUT2D eigenvalue weighted by molar-refractivity contribution is 6.02. The van der Waals surface area contributed by atoms with Gasteiger partial charge in [0, 0.05) is 12.3 Å². The fourth-order valence-electron chi connectivity index (χ4n) is 4.98. The predicted octanol–water partition coefficient (Wildman–Crippen LogP) is 7.15. The van der Waals surface area contributed by atoms with E-state index in [9.17, 15) is 31.1 Å². The van der Waals surface area contributed by atoms with E-state index in [2.05, 4.69) is 4.98 Å². The zero-order valence-corrected chi connectivity index (χ0v) is 21.1. The monoisotopic (exact) mass is 556 g/mol. The number of hydrogen-bond donors (Lipinski definition) is 0. The van der Waals surface area contributed by atoms with Gasteiger partial charge in [-0.3, -0.25) is 9.69 Å². The van der Waals surface area contributed by atoms with Crippen LogP contribution in [-0.2, 0) is 23.2 Å². The molecule has 40 heavy (non-hydrogen) atoms. The summed E-state index contributed by atoms with van der Waals surface area (Å²) in [6.07, 6.45) is -3.34. The molecule has 2 heterocycles. The molecule has 0 aliphatic carbocycles. The van der Waals surface area contributed by atoms with Gasteiger partial charge in [0.15, 0.2) is 18.2 Å². The topological polar surface area (TPSA) is 42.4 Å². The fourth-order valence-corrected chi connectivity index (χ4v) is 4.98. The molecule has 4 aromatic rings. The predicted molar refractivity (Wildman–Crippen MR) is 136 cm³/mol. The molecule has 0 fully saturated rings. The number of anilines is 1. The van der Waals surface area contributed by atoms with Gasteiger partial charge in [0.05, 0.1) is 12.0 Å². The summed E-state index contributed by atoms with van der Waals surface area (Å²) in [6.45, 7) is 0.250. The molecule has 1 aliphatic heterocycles. The van der Waals surface area contributed by atoms with Gasteiger partial charge in [-0.25, -0.2) is 18.2 Å². The Morgan fingerprint density at radius 3 is 2.45 bits per heavy atom. The minimum absolute atomic E-state index is 0.00465. The first-order valence-corrected chi connectivity index (χ1v) is 12.2. The zero-order valence-electron chi connectivity index (χ0n) is 21.1. The number of carbonyl (C=O) groups excluding carboxylic acids is 1. The smallest absolute Gasteiger partial charge is 0.422 e. The highest BCUT2D eigenvalue weighted by atomic mass is 19.4. The Bertz CT molecular complexity index is 1570. The minimum atomic E-state index is -4.50. The Morgan fingerprint density at radius 2 is 1.73 bits per heavy atom. The lowest BCUT2D eigenvalue weighted by Gasteiger charge is -2.41. The van der Waals surface area contributed by atoms with Crippen LogP contribution in [0.25, 0.3) is 11.1 Å². The van der Waals surface area contributed by atoms with Gasteiger partial charge in [0.25, 0.3) is 0 Å². The average molecular weight is 557 g/mol. The number of benzene rings is 3. The molecule has 0 bridgehead atoms. The van der Waals surface area contributed by atoms with Crippen LogP contribution in [0.2, 0.25) is 0 Å². The van der Waals surface area contributed by atoms with Gasteiger partial charge >= 0.3 is 6.18 Å². The zero-order chi connectivity index (χ0) is 28.7. The molecule has 206 valence electrons. The van der Waals surface area contributed by atoms with E-state index >= 15 is 0 Å². The van der Waals surface area contributed by atoms with Crippen molar-refractivity contribution >= 4 is 11.7 Å². The van der Waals surface area contributed by atoms with Crippen LogP contribution < -0.4 is 9.64 Å². The largest absolute Gasteiger partial charge is 0.484 e. The molecule has 0 saturated carbocycles. The summed E-state index contributed by atoms with van der Waals surface area (Å²) in [5.41, 5.74) is 0.480. The molecule has 1 atom stereocenters. The van der Waals surface area contributed by atoms with Crippen LogP contribution in [0.4, 0.5) is 32.2 Å². The molecule has 0 radical (unpaired) electrons. The maximum Gasteiger partial charge on any atom is 0.422 e. The van der Waals surface area contributed by atoms with Crippen molar-refractivity contribution in [2.75, 3.05) is 11.5 Å². The van der Waals surface area contributed by atoms with Crippen LogP contribution in [0, 0.1) is 17.5 Å². The second-order valence-corrected chi connectivity index (χ2v) is 9.75. The molecule has 1 aliphatic rings. The molecule has 3 aromatic carbocycles. The number of rotatable bonds is 6. The maximum atomic E-state index is 14.8. The van der Waals surface area contributed by atoms with Crippen molar-refractivity contribution in [1.29, 1.82) is 0 Å². The van der Waals surface area contributed by atoms with Crippen LogP contribution in [0.3, 0.4) is 0 Å². The lowest BCUT2D eigenvalue weighted by atomic mass is 9.71. The number of aromatic nitrogens is 1. The summed E-state index contributed by atoms with van der Waals surface area (Å²) in [5.74, 6) is -3.70. The first kappa shape index (κ1) is 27.2. The van der Waals surface area contributed by atoms with E-state index < -0.39 is 41.6 Å². The Hall–Kier alpha value is -4.34. The van der Waals surface area contributed by atoms with Crippen molar-refractivity contribution in [1.82, 2.24) is 4.98 Å². The van der Waals surface area contributed by atoms with Gasteiger partial charge < -0.3 is 4.74 Å². The van der Waals surface area contributed by atoms with Crippen LogP contribution in [0.15, 0.2) is 79.0 Å². The average Bonchev–Trinajstić information content (AvgIpc) is 2.92. The first-order valence-electron chi connectivity index (χ1n) is 12.2. The molecule has 0 spiro atoms. The van der Waals surface area contributed by atoms with E-state index in [0.29, 0.717) is 34.1 Å². The quantitative estimate of drug-likeness (QED) is 0.187. The van der Waals surface area contributed by atoms with Crippen LogP contribution >= 0.6 is 0 Å². The van der Waals surface area contributed by atoms with Gasteiger partial charge in [0.1, 0.15) is 17.4 Å². The Balaban J connectivity index is 1.60. The third-order valence-electron chi connectivity index (χ3n) is 6.86. The van der Waals surface area contributed by atoms with Crippen molar-refractivity contribution in [2.24, 2.45) is 0 Å². The Labute approximate surface area is 225 Å². The number of halogens is 6. The van der Waals surface area contributed by atoms with Crippen molar-refractivity contribution in [2.45, 2.75) is 31.5 Å². The van der Waals surface area contributed by atoms with Crippen molar-refractivity contribution < 1.29 is 35.9 Å². The van der Waals surface area contributed by atoms with Gasteiger partial charge in [-0.05, 0) is 77.6 Å². The van der Waals surface area contributed by atoms with E-state index in [1.165, 1.54) is 23.2 Å². The summed E-state index contributed by atoms with van der Waals surface area (Å²) < 4.78 is 85.8. The molecule has 0 N–H and O–H groups in total. The molecule has 5 rings (SSSR count). The summed E-state index contributed by atoms with van der Waals surface area (Å²) in [7, 11) is 0. The van der Waals surface area contributed by atoms with Crippen molar-refractivity contribution in [3.63, 3.8) is 0 Å². The Morgan fingerprint density at radius 1 is 0.950 bits per heavy atom. The van der Waals surface area contributed by atoms with E-state index in [0.717, 1.165) is 6.07 Å². The number of ether oxygens (including phenoxy) is 1. The first-order chi connectivity index (χ1) is 18.9. The van der Waals surface area contributed by atoms with Gasteiger partial charge in [-0.1, -0.05) is 30.3 Å². The number of fused-ring (bicyclic) bond motifs is 1. The highest BCUT2D eigenvalue weighted by Crippen LogP contribution is 2.42. The van der Waals surface area contributed by atoms with Crippen LogP contribution in [0.1, 0.15) is 23.6 Å². The van der Waals surface area contributed by atoms with Gasteiger partial charge in [0.2, 0.25) is 5.91 Å². The standard InChI is InChI=1S/C30H22F6N2O2/c1-29(15-21-11-22(31)14-25(32)27(21)33)24-13-19(18-5-4-6-23(12-18)40-17-30(34,35)36)8-9-20(24)16-38(28(29)39)26-7-2-3-10-37-26/h2-14H,15-17H2,1H3. The minimum Gasteiger partial charge on any atom is -0.484 e. The number of amides is 1. The van der Waals surface area contributed by atoms with Crippen LogP contribution in [0.5, 0.6) is 5.75 Å². The van der Waals surface area contributed by atoms with E-state index in [4.69, 9.17) is 4.74 Å². The van der Waals surface area contributed by atoms with Gasteiger partial charge in [-0.15, -0.1) is 0 Å². The Kier molecular flexibility index (Phi) is 7.03. The third kappa shape index (κ3) is 5.38. The molecule has 1 amide bonds. The highest BCUT2D eigenvalue weighted by Gasteiger charge is 2.45.